The maximum Gasteiger partial charge on any atom is 0.229 e. The van der Waals surface area contributed by atoms with Crippen LogP contribution in [0.15, 0.2) is 10.6 Å². The first-order valence-electron chi connectivity index (χ1n) is 4.29. The minimum Gasteiger partial charge on any atom is -0.370 e. The third kappa shape index (κ3) is 1.24. The molecule has 1 aromatic rings. The maximum absolute atomic E-state index is 5.15. The summed E-state index contributed by atoms with van der Waals surface area (Å²) < 4.78 is 5.15. The van der Waals surface area contributed by atoms with Crippen LogP contribution in [0.4, 0.5) is 11.7 Å². The van der Waals surface area contributed by atoms with E-state index in [1.54, 1.807) is 0 Å². The first kappa shape index (κ1) is 7.46. The lowest BCUT2D eigenvalue weighted by Crippen LogP contribution is -2.16. The number of nitrogens with one attached hydrogen (secondary N) is 1. The van der Waals surface area contributed by atoms with Crippen LogP contribution in [0.3, 0.4) is 0 Å². The maximum atomic E-state index is 5.15. The molecule has 0 aromatic carbocycles. The highest BCUT2D eigenvalue weighted by Gasteiger charge is 2.16. The van der Waals surface area contributed by atoms with Gasteiger partial charge in [0.1, 0.15) is 0 Å². The van der Waals surface area contributed by atoms with Crippen molar-refractivity contribution in [1.82, 2.24) is 5.16 Å². The molecule has 0 aliphatic carbocycles. The normalized spacial score (nSPS) is 16.9. The molecule has 0 bridgehead atoms. The highest BCUT2D eigenvalue weighted by atomic mass is 16.5. The molecule has 1 fully saturated rings. The van der Waals surface area contributed by atoms with E-state index in [4.69, 9.17) is 4.52 Å². The van der Waals surface area contributed by atoms with Gasteiger partial charge in [0.15, 0.2) is 5.82 Å². The Morgan fingerprint density at radius 1 is 1.50 bits per heavy atom. The number of aromatic nitrogens is 1. The van der Waals surface area contributed by atoms with Crippen LogP contribution in [-0.4, -0.2) is 25.3 Å². The van der Waals surface area contributed by atoms with Gasteiger partial charge in [0, 0.05) is 26.2 Å². The molecule has 1 N–H and O–H groups in total. The van der Waals surface area contributed by atoms with Gasteiger partial charge in [-0.2, -0.15) is 0 Å². The van der Waals surface area contributed by atoms with Crippen LogP contribution < -0.4 is 10.2 Å². The second-order valence-electron chi connectivity index (χ2n) is 2.99. The third-order valence-corrected chi connectivity index (χ3v) is 2.17. The Morgan fingerprint density at radius 3 is 2.83 bits per heavy atom. The fraction of sp³-hybridized carbons (Fsp3) is 0.625. The summed E-state index contributed by atoms with van der Waals surface area (Å²) in [6.07, 6.45) is 2.52. The minimum atomic E-state index is 0.803. The van der Waals surface area contributed by atoms with E-state index >= 15 is 0 Å². The van der Waals surface area contributed by atoms with Crippen LogP contribution >= 0.6 is 0 Å². The highest BCUT2D eigenvalue weighted by molar-refractivity contribution is 5.46. The Balaban J connectivity index is 2.11. The third-order valence-electron chi connectivity index (χ3n) is 2.17. The molecule has 2 heterocycles. The fourth-order valence-electron chi connectivity index (χ4n) is 1.47. The van der Waals surface area contributed by atoms with Gasteiger partial charge in [-0.25, -0.2) is 0 Å². The lowest BCUT2D eigenvalue weighted by Gasteiger charge is -2.10. The second-order valence-corrected chi connectivity index (χ2v) is 2.99. The van der Waals surface area contributed by atoms with Crippen molar-refractivity contribution in [3.05, 3.63) is 6.07 Å². The molecule has 2 rings (SSSR count). The van der Waals surface area contributed by atoms with E-state index in [0.717, 1.165) is 24.8 Å². The SMILES string of the molecule is CNc1cc(N2CCCC2)on1. The van der Waals surface area contributed by atoms with Crippen LogP contribution in [0.1, 0.15) is 12.8 Å². The summed E-state index contributed by atoms with van der Waals surface area (Å²) in [4.78, 5) is 2.22. The molecule has 0 atom stereocenters. The fourth-order valence-corrected chi connectivity index (χ4v) is 1.47. The van der Waals surface area contributed by atoms with Crippen LogP contribution in [0.2, 0.25) is 0 Å². The molecule has 0 spiro atoms. The highest BCUT2D eigenvalue weighted by Crippen LogP contribution is 2.22. The average Bonchev–Trinajstić information content (AvgIpc) is 2.75. The molecule has 1 aromatic heterocycles. The van der Waals surface area contributed by atoms with E-state index in [-0.39, 0.29) is 0 Å². The predicted octanol–water partition coefficient (Wildman–Crippen LogP) is 1.32. The van der Waals surface area contributed by atoms with Crippen molar-refractivity contribution in [3.8, 4) is 0 Å². The van der Waals surface area contributed by atoms with Crippen molar-refractivity contribution in [1.29, 1.82) is 0 Å². The van der Waals surface area contributed by atoms with Crippen molar-refractivity contribution in [2.45, 2.75) is 12.8 Å². The van der Waals surface area contributed by atoms with Crippen LogP contribution in [0.5, 0.6) is 0 Å². The lowest BCUT2D eigenvalue weighted by atomic mass is 10.4. The molecule has 0 unspecified atom stereocenters. The molecule has 1 aliphatic rings. The summed E-state index contributed by atoms with van der Waals surface area (Å²) in [6, 6.07) is 1.94. The minimum absolute atomic E-state index is 0.803. The van der Waals surface area contributed by atoms with Crippen molar-refractivity contribution < 1.29 is 4.52 Å². The Bertz CT molecular complexity index is 253. The average molecular weight is 167 g/mol. The Kier molecular flexibility index (Phi) is 1.89. The zero-order valence-electron chi connectivity index (χ0n) is 7.21. The van der Waals surface area contributed by atoms with Crippen molar-refractivity contribution in [2.75, 3.05) is 30.4 Å². The van der Waals surface area contributed by atoms with E-state index in [0.29, 0.717) is 0 Å². The van der Waals surface area contributed by atoms with E-state index < -0.39 is 0 Å². The van der Waals surface area contributed by atoms with Crippen molar-refractivity contribution in [3.63, 3.8) is 0 Å². The van der Waals surface area contributed by atoms with Crippen LogP contribution in [0.25, 0.3) is 0 Å². The topological polar surface area (TPSA) is 41.3 Å². The van der Waals surface area contributed by atoms with Crippen LogP contribution in [-0.2, 0) is 0 Å². The van der Waals surface area contributed by atoms with Gasteiger partial charge in [-0.1, -0.05) is 5.16 Å². The van der Waals surface area contributed by atoms with Gasteiger partial charge in [-0.05, 0) is 12.8 Å². The first-order valence-corrected chi connectivity index (χ1v) is 4.29. The molecule has 0 radical (unpaired) electrons. The monoisotopic (exact) mass is 167 g/mol. The number of nitrogens with zero attached hydrogens (tertiary/aromatic N) is 2. The summed E-state index contributed by atoms with van der Waals surface area (Å²) >= 11 is 0. The number of rotatable bonds is 2. The summed E-state index contributed by atoms with van der Waals surface area (Å²) in [5, 5.41) is 6.79. The molecule has 4 nitrogen and oxygen atoms in total. The van der Waals surface area contributed by atoms with E-state index in [9.17, 15) is 0 Å². The van der Waals surface area contributed by atoms with E-state index in [1.165, 1.54) is 12.8 Å². The quantitative estimate of drug-likeness (QED) is 0.721. The van der Waals surface area contributed by atoms with E-state index in [2.05, 4.69) is 15.4 Å². The molecule has 1 aliphatic heterocycles. The summed E-state index contributed by atoms with van der Waals surface area (Å²) in [5.41, 5.74) is 0. The number of anilines is 2. The Hall–Kier alpha value is -1.19. The molecular weight excluding hydrogens is 154 g/mol. The summed E-state index contributed by atoms with van der Waals surface area (Å²) in [5.74, 6) is 1.69. The molecule has 66 valence electrons. The van der Waals surface area contributed by atoms with Gasteiger partial charge >= 0.3 is 0 Å². The molecule has 12 heavy (non-hydrogen) atoms. The Labute approximate surface area is 71.5 Å². The predicted molar refractivity (Wildman–Crippen MR) is 47.5 cm³/mol. The zero-order chi connectivity index (χ0) is 8.39. The zero-order valence-corrected chi connectivity index (χ0v) is 7.21. The molecule has 4 heteroatoms. The van der Waals surface area contributed by atoms with Gasteiger partial charge in [-0.15, -0.1) is 0 Å². The van der Waals surface area contributed by atoms with Crippen molar-refractivity contribution in [2.24, 2.45) is 0 Å². The van der Waals surface area contributed by atoms with Gasteiger partial charge < -0.3 is 14.7 Å². The number of hydrogen-bond donors (Lipinski definition) is 1. The second kappa shape index (κ2) is 3.05. The summed E-state index contributed by atoms with van der Waals surface area (Å²) in [6.45, 7) is 2.19. The molecular formula is C8H13N3O. The Morgan fingerprint density at radius 2 is 2.25 bits per heavy atom. The van der Waals surface area contributed by atoms with Gasteiger partial charge in [0.2, 0.25) is 5.88 Å². The molecule has 0 amide bonds. The van der Waals surface area contributed by atoms with Gasteiger partial charge in [0.25, 0.3) is 0 Å². The first-order chi connectivity index (χ1) is 5.90. The van der Waals surface area contributed by atoms with Gasteiger partial charge in [-0.3, -0.25) is 0 Å². The summed E-state index contributed by atoms with van der Waals surface area (Å²) in [7, 11) is 1.84. The lowest BCUT2D eigenvalue weighted by molar-refractivity contribution is 0.423. The standard InChI is InChI=1S/C8H13N3O/c1-9-7-6-8(12-10-7)11-4-2-3-5-11/h6H,2-5H2,1H3,(H,9,10). The van der Waals surface area contributed by atoms with Gasteiger partial charge in [0.05, 0.1) is 0 Å². The van der Waals surface area contributed by atoms with Crippen molar-refractivity contribution >= 4 is 11.7 Å². The van der Waals surface area contributed by atoms with E-state index in [1.807, 2.05) is 13.1 Å². The van der Waals surface area contributed by atoms with Crippen LogP contribution in [0, 0.1) is 0 Å². The largest absolute Gasteiger partial charge is 0.370 e. The molecule has 1 saturated heterocycles. The smallest absolute Gasteiger partial charge is 0.229 e. The number of hydrogen-bond acceptors (Lipinski definition) is 4. The molecule has 0 saturated carbocycles.